The second-order valence-corrected chi connectivity index (χ2v) is 21.7. The van der Waals surface area contributed by atoms with Crippen LogP contribution >= 0.6 is 12.4 Å². The molecule has 2 spiro atoms. The minimum Gasteiger partial charge on any atom is -0.493 e. The fourth-order valence-corrected chi connectivity index (χ4v) is 15.0. The van der Waals surface area contributed by atoms with Crippen molar-refractivity contribution in [1.29, 1.82) is 0 Å². The molecule has 4 heterocycles. The lowest BCUT2D eigenvalue weighted by atomic mass is 9.49. The molecule has 12 rings (SSSR count). The first kappa shape index (κ1) is 53.1. The summed E-state index contributed by atoms with van der Waals surface area (Å²) in [5, 5.41) is 34.9. The van der Waals surface area contributed by atoms with E-state index in [1.165, 1.54) is 11.1 Å². The summed E-state index contributed by atoms with van der Waals surface area (Å²) in [5.74, 6) is 8.19. The summed E-state index contributed by atoms with van der Waals surface area (Å²) in [4.78, 5) is 44.8. The van der Waals surface area contributed by atoms with E-state index in [1.54, 1.807) is 14.2 Å². The first-order valence-corrected chi connectivity index (χ1v) is 26.5. The lowest BCUT2D eigenvalue weighted by Crippen LogP contribution is -2.76. The molecule has 14 nitrogen and oxygen atoms in total. The molecule has 4 aliphatic heterocycles. The molecule has 394 valence electrons. The molecule has 3 saturated carbocycles. The molecular weight excluding hydrogens is 950 g/mol. The van der Waals surface area contributed by atoms with Gasteiger partial charge in [0.2, 0.25) is 0 Å². The number of aliphatic hydroxyl groups is 3. The maximum absolute atomic E-state index is 12.8. The lowest BCUT2D eigenvalue weighted by molar-refractivity contribution is -0.185. The highest BCUT2D eigenvalue weighted by atomic mass is 35.5. The predicted octanol–water partition coefficient (Wildman–Crippen LogP) is 5.86. The Morgan fingerprint density at radius 3 is 1.70 bits per heavy atom. The Morgan fingerprint density at radius 2 is 1.23 bits per heavy atom. The number of ether oxygens (including phenoxy) is 5. The third kappa shape index (κ3) is 8.00. The molecule has 9 aliphatic rings. The van der Waals surface area contributed by atoms with E-state index in [2.05, 4.69) is 66.6 Å². The van der Waals surface area contributed by atoms with Gasteiger partial charge in [-0.05, 0) is 120 Å². The van der Waals surface area contributed by atoms with Gasteiger partial charge in [-0.1, -0.05) is 87.4 Å². The van der Waals surface area contributed by atoms with Crippen molar-refractivity contribution in [3.63, 3.8) is 0 Å². The van der Waals surface area contributed by atoms with Gasteiger partial charge in [0.05, 0.1) is 42.8 Å². The van der Waals surface area contributed by atoms with Gasteiger partial charge in [-0.25, -0.2) is 4.79 Å². The Morgan fingerprint density at radius 1 is 0.740 bits per heavy atom. The average molecular weight is 1020 g/mol. The van der Waals surface area contributed by atoms with E-state index in [9.17, 15) is 29.7 Å². The van der Waals surface area contributed by atoms with Gasteiger partial charge in [-0.2, -0.15) is 0 Å². The van der Waals surface area contributed by atoms with Gasteiger partial charge in [0.25, 0.3) is 0 Å². The number of esters is 1. The number of Topliss-reactive ketones (excluding diaryl/α,β-unsaturated/α-hetero) is 2. The average Bonchev–Trinajstić information content (AvgIpc) is 3.96. The molecule has 1 unspecified atom stereocenters. The molecule has 5 fully saturated rings. The number of hydrogen-bond donors (Lipinski definition) is 3. The van der Waals surface area contributed by atoms with E-state index in [-0.39, 0.29) is 48.6 Å². The highest BCUT2D eigenvalue weighted by Crippen LogP contribution is 2.66. The summed E-state index contributed by atoms with van der Waals surface area (Å²) in [6.07, 6.45) is 8.70. The van der Waals surface area contributed by atoms with Crippen molar-refractivity contribution < 1.29 is 53.4 Å². The van der Waals surface area contributed by atoms with Crippen LogP contribution in [0.25, 0.3) is 0 Å². The van der Waals surface area contributed by atoms with E-state index in [0.717, 1.165) is 95.1 Å². The fraction of sp³-hybridized carbons (Fsp3) is 0.603. The van der Waals surface area contributed by atoms with Gasteiger partial charge >= 0.3 is 5.97 Å². The molecule has 3 N–H and O–H groups in total. The first-order valence-electron chi connectivity index (χ1n) is 26.5. The Bertz CT molecular complexity index is 2530. The zero-order valence-electron chi connectivity index (χ0n) is 43.4. The van der Waals surface area contributed by atoms with Crippen molar-refractivity contribution in [2.24, 2.45) is 5.92 Å². The van der Waals surface area contributed by atoms with Crippen LogP contribution in [0.5, 0.6) is 23.0 Å². The third-order valence-corrected chi connectivity index (χ3v) is 18.8. The summed E-state index contributed by atoms with van der Waals surface area (Å²) in [6, 6.07) is 17.3. The number of benzene rings is 3. The van der Waals surface area contributed by atoms with E-state index in [0.29, 0.717) is 60.8 Å². The molecule has 0 radical (unpaired) electrons. The number of carbonyl (C=O) groups is 3. The van der Waals surface area contributed by atoms with Crippen LogP contribution in [0, 0.1) is 17.8 Å². The number of halogens is 1. The molecule has 2 saturated heterocycles. The largest absolute Gasteiger partial charge is 0.493 e. The summed E-state index contributed by atoms with van der Waals surface area (Å²) < 4.78 is 28.6. The summed E-state index contributed by atoms with van der Waals surface area (Å²) in [6.45, 7) is 8.50. The van der Waals surface area contributed by atoms with Crippen molar-refractivity contribution in [2.45, 2.75) is 149 Å². The number of nitrogens with zero attached hydrogens (tertiary/aromatic N) is 3. The van der Waals surface area contributed by atoms with Crippen LogP contribution < -0.4 is 18.9 Å². The van der Waals surface area contributed by atoms with Gasteiger partial charge in [-0.15, -0.1) is 12.4 Å². The second kappa shape index (κ2) is 20.4. The number of methoxy groups -OCH3 is 2. The van der Waals surface area contributed by atoms with Crippen LogP contribution in [-0.2, 0) is 48.4 Å². The Hall–Kier alpha value is -4.72. The normalized spacial score (nSPS) is 31.7. The summed E-state index contributed by atoms with van der Waals surface area (Å²) in [5.41, 5.74) is 0.512. The number of carbonyl (C=O) groups excluding carboxylic acids is 3. The second-order valence-electron chi connectivity index (χ2n) is 21.7. The molecule has 15 heteroatoms. The molecule has 73 heavy (non-hydrogen) atoms. The topological polar surface area (TPSA) is 168 Å². The van der Waals surface area contributed by atoms with Gasteiger partial charge in [0.15, 0.2) is 59.0 Å². The molecule has 5 aliphatic carbocycles. The Balaban J connectivity index is 0.000000134. The number of hydrogen-bond acceptors (Lipinski definition) is 14. The van der Waals surface area contributed by atoms with Gasteiger partial charge < -0.3 is 48.8 Å². The highest BCUT2D eigenvalue weighted by molar-refractivity contribution is 5.91. The summed E-state index contributed by atoms with van der Waals surface area (Å²) in [7, 11) is 7.39. The molecular formula is C58H74ClN3O11. The number of likely N-dealkylation sites (N-methyl/N-ethyl adjacent to an activating group) is 2. The molecule has 3 aromatic rings. The van der Waals surface area contributed by atoms with Crippen LogP contribution in [0.2, 0.25) is 0 Å². The molecule has 9 atom stereocenters. The monoisotopic (exact) mass is 1020 g/mol. The minimum atomic E-state index is -1.58. The number of likely N-dealkylation sites (tertiary alicyclic amines) is 2. The van der Waals surface area contributed by atoms with Gasteiger partial charge in [0, 0.05) is 42.0 Å². The number of piperidine rings is 2. The van der Waals surface area contributed by atoms with Crippen molar-refractivity contribution in [3.05, 3.63) is 82.4 Å². The van der Waals surface area contributed by atoms with E-state index < -0.39 is 45.8 Å². The number of ketones is 2. The zero-order chi connectivity index (χ0) is 50.8. The smallest absolute Gasteiger partial charge is 0.344 e. The van der Waals surface area contributed by atoms with Crippen molar-refractivity contribution in [3.8, 4) is 34.8 Å². The Labute approximate surface area is 436 Å². The summed E-state index contributed by atoms with van der Waals surface area (Å²) >= 11 is 0. The first-order chi connectivity index (χ1) is 34.7. The maximum atomic E-state index is 12.8. The van der Waals surface area contributed by atoms with Gasteiger partial charge in [0.1, 0.15) is 0 Å². The lowest BCUT2D eigenvalue weighted by Gasteiger charge is -2.62. The molecule has 3 aromatic carbocycles. The van der Waals surface area contributed by atoms with Crippen LogP contribution in [0.3, 0.4) is 0 Å². The van der Waals surface area contributed by atoms with Crippen LogP contribution in [0.15, 0.2) is 54.6 Å². The molecule has 4 bridgehead atoms. The van der Waals surface area contributed by atoms with Gasteiger partial charge in [-0.3, -0.25) is 14.5 Å². The minimum absolute atomic E-state index is 0. The van der Waals surface area contributed by atoms with Crippen LogP contribution in [-0.4, -0.2) is 151 Å². The molecule has 0 aromatic heterocycles. The van der Waals surface area contributed by atoms with Crippen molar-refractivity contribution in [1.82, 2.24) is 14.7 Å². The predicted molar refractivity (Wildman–Crippen MR) is 277 cm³/mol. The standard InChI is InChI=1S/C22H31NO3.2C18H21NO4.ClH/c1-3-23(4-2)17-11-12-18-26-21(24)22(25,19-13-7-5-8-14-19)20-15-9-6-10-16-20;2*1-19-8-7-17-14-10-3-4-12(22-2)15(14)23-16(17)11(20)5-6-18(17,21)13(19)9-10;/h5,7-8,13-14,20,25H,3-4,6,9-10,15-18H2,1-2H3;2*3-4,13,16,21H,5-9H2,1-2H3;1H/t;2*13-,16+,17+,18-;/m.11./s1. The fourth-order valence-electron chi connectivity index (χ4n) is 15.0. The SMILES string of the molecule is CCN(CC)CC#CCOC(=O)C(O)(c1ccccc1)C1CCCCC1.COc1ccc2c3c1O[C@H]1C(=O)CC[C@@]4(O)[C@@H](C2)N(C)CC[C@]314.COc1ccc2c3c1O[C@H]1C(=O)CC[C@@]4(O)[C@@H](C2)N(C)CC[C@]314.Cl. The Kier molecular flexibility index (Phi) is 14.9. The molecule has 0 amide bonds. The van der Waals surface area contributed by atoms with E-state index in [1.807, 2.05) is 42.5 Å². The third-order valence-electron chi connectivity index (χ3n) is 18.8. The van der Waals surface area contributed by atoms with Crippen LogP contribution in [0.1, 0.15) is 112 Å². The maximum Gasteiger partial charge on any atom is 0.344 e. The number of rotatable bonds is 9. The van der Waals surface area contributed by atoms with E-state index in [4.69, 9.17) is 23.7 Å². The van der Waals surface area contributed by atoms with Crippen molar-refractivity contribution in [2.75, 3.05) is 67.6 Å². The van der Waals surface area contributed by atoms with Crippen LogP contribution in [0.4, 0.5) is 0 Å². The quantitative estimate of drug-likeness (QED) is 0.172. The zero-order valence-corrected chi connectivity index (χ0v) is 44.2. The highest BCUT2D eigenvalue weighted by Gasteiger charge is 2.74. The van der Waals surface area contributed by atoms with Crippen molar-refractivity contribution >= 4 is 29.9 Å². The van der Waals surface area contributed by atoms with E-state index >= 15 is 0 Å².